The fraction of sp³-hybridized carbons (Fsp3) is 0.935. The minimum Gasteiger partial charge on any atom is -0.466 e. The first kappa shape index (κ1) is 66.6. The van der Waals surface area contributed by atoms with Gasteiger partial charge in [0.1, 0.15) is 0 Å². The summed E-state index contributed by atoms with van der Waals surface area (Å²) >= 11 is 0. The van der Waals surface area contributed by atoms with Crippen LogP contribution in [0.15, 0.2) is 12.2 Å². The summed E-state index contributed by atoms with van der Waals surface area (Å²) in [5.74, 6) is -0.120. The number of allylic oxidation sites excluding steroid dienone is 2. The molecule has 3 N–H and O–H groups in total. The van der Waals surface area contributed by atoms with Gasteiger partial charge in [0.15, 0.2) is 0 Å². The Morgan fingerprint density at radius 1 is 0.397 bits per heavy atom. The topological polar surface area (TPSA) is 95.9 Å². The summed E-state index contributed by atoms with van der Waals surface area (Å²) < 4.78 is 5.47. The van der Waals surface area contributed by atoms with Crippen molar-refractivity contribution in [2.45, 2.75) is 360 Å². The molecular formula is C62H121NO5. The molecule has 1 amide bonds. The molecule has 0 aromatic rings. The van der Waals surface area contributed by atoms with E-state index in [1.54, 1.807) is 0 Å². The molecule has 0 bridgehead atoms. The molecule has 0 aromatic carbocycles. The Labute approximate surface area is 425 Å². The van der Waals surface area contributed by atoms with Crippen LogP contribution in [0.3, 0.4) is 0 Å². The first-order valence-electron chi connectivity index (χ1n) is 30.9. The third-order valence-electron chi connectivity index (χ3n) is 14.6. The van der Waals surface area contributed by atoms with Crippen LogP contribution in [0.1, 0.15) is 348 Å². The molecule has 0 aliphatic rings. The van der Waals surface area contributed by atoms with Gasteiger partial charge in [-0.05, 0) is 44.9 Å². The number of aliphatic hydroxyl groups is 2. The highest BCUT2D eigenvalue weighted by Gasteiger charge is 2.20. The van der Waals surface area contributed by atoms with Crippen LogP contribution in [0.4, 0.5) is 0 Å². The average molecular weight is 961 g/mol. The zero-order valence-corrected chi connectivity index (χ0v) is 46.1. The van der Waals surface area contributed by atoms with Crippen LogP contribution in [0, 0.1) is 0 Å². The van der Waals surface area contributed by atoms with Gasteiger partial charge in [-0.15, -0.1) is 0 Å². The van der Waals surface area contributed by atoms with Gasteiger partial charge in [0.25, 0.3) is 0 Å². The predicted molar refractivity (Wildman–Crippen MR) is 297 cm³/mol. The lowest BCUT2D eigenvalue weighted by atomic mass is 10.0. The van der Waals surface area contributed by atoms with E-state index in [9.17, 15) is 19.8 Å². The summed E-state index contributed by atoms with van der Waals surface area (Å²) in [5, 5.41) is 23.3. The van der Waals surface area contributed by atoms with E-state index < -0.39 is 12.1 Å². The van der Waals surface area contributed by atoms with Gasteiger partial charge >= 0.3 is 5.97 Å². The molecule has 68 heavy (non-hydrogen) atoms. The summed E-state index contributed by atoms with van der Waals surface area (Å²) in [6.07, 6.45) is 69.4. The molecule has 0 heterocycles. The van der Waals surface area contributed by atoms with Crippen LogP contribution in [-0.2, 0) is 14.3 Å². The maximum Gasteiger partial charge on any atom is 0.305 e. The third kappa shape index (κ3) is 53.9. The molecule has 0 aliphatic heterocycles. The van der Waals surface area contributed by atoms with E-state index in [1.165, 1.54) is 244 Å². The molecule has 0 saturated heterocycles. The lowest BCUT2D eigenvalue weighted by Gasteiger charge is -2.22. The standard InChI is InChI=1S/C62H121NO5/c1-3-5-7-9-11-13-15-17-19-21-23-24-25-26-27-28-29-31-33-35-38-42-46-50-54-60(65)59(58-64)63-61(66)55-51-47-43-39-37-41-45-49-53-57-68-62(67)56-52-48-44-40-36-34-32-30-22-20-18-16-14-12-10-8-6-4-2/h39,43,59-60,64-65H,3-38,40-42,44-58H2,1-2H3,(H,63,66)/b43-39-. The number of ether oxygens (including phenoxy) is 1. The Morgan fingerprint density at radius 2 is 0.706 bits per heavy atom. The fourth-order valence-electron chi connectivity index (χ4n) is 9.82. The largest absolute Gasteiger partial charge is 0.466 e. The molecule has 6 heteroatoms. The van der Waals surface area contributed by atoms with Crippen molar-refractivity contribution in [1.82, 2.24) is 5.32 Å². The highest BCUT2D eigenvalue weighted by Crippen LogP contribution is 2.18. The highest BCUT2D eigenvalue weighted by molar-refractivity contribution is 5.76. The van der Waals surface area contributed by atoms with Crippen molar-refractivity contribution < 1.29 is 24.5 Å². The summed E-state index contributed by atoms with van der Waals surface area (Å²) in [5.41, 5.74) is 0. The molecule has 0 spiro atoms. The molecule has 0 rings (SSSR count). The molecule has 2 atom stereocenters. The zero-order chi connectivity index (χ0) is 49.3. The lowest BCUT2D eigenvalue weighted by molar-refractivity contribution is -0.143. The van der Waals surface area contributed by atoms with E-state index in [4.69, 9.17) is 4.74 Å². The molecule has 6 nitrogen and oxygen atoms in total. The zero-order valence-electron chi connectivity index (χ0n) is 46.1. The highest BCUT2D eigenvalue weighted by atomic mass is 16.5. The van der Waals surface area contributed by atoms with Gasteiger partial charge in [-0.2, -0.15) is 0 Å². The molecule has 404 valence electrons. The summed E-state index contributed by atoms with van der Waals surface area (Å²) in [4.78, 5) is 24.6. The van der Waals surface area contributed by atoms with Crippen molar-refractivity contribution in [2.75, 3.05) is 13.2 Å². The Morgan fingerprint density at radius 3 is 1.07 bits per heavy atom. The van der Waals surface area contributed by atoms with E-state index >= 15 is 0 Å². The van der Waals surface area contributed by atoms with Crippen molar-refractivity contribution in [3.05, 3.63) is 12.2 Å². The molecule has 0 radical (unpaired) electrons. The van der Waals surface area contributed by atoms with Crippen LogP contribution in [0.25, 0.3) is 0 Å². The van der Waals surface area contributed by atoms with Crippen molar-refractivity contribution in [3.8, 4) is 0 Å². The van der Waals surface area contributed by atoms with Crippen molar-refractivity contribution >= 4 is 11.9 Å². The Balaban J connectivity index is 3.48. The second kappa shape index (κ2) is 58.2. The number of amides is 1. The predicted octanol–water partition coefficient (Wildman–Crippen LogP) is 19.2. The number of rotatable bonds is 58. The van der Waals surface area contributed by atoms with Gasteiger partial charge in [-0.1, -0.05) is 302 Å². The van der Waals surface area contributed by atoms with Crippen LogP contribution < -0.4 is 5.32 Å². The Hall–Kier alpha value is -1.40. The number of aliphatic hydroxyl groups excluding tert-OH is 2. The molecule has 0 aromatic heterocycles. The fourth-order valence-corrected chi connectivity index (χ4v) is 9.82. The van der Waals surface area contributed by atoms with Crippen LogP contribution in [-0.4, -0.2) is 47.4 Å². The monoisotopic (exact) mass is 960 g/mol. The summed E-state index contributed by atoms with van der Waals surface area (Å²) in [7, 11) is 0. The number of esters is 1. The van der Waals surface area contributed by atoms with Crippen molar-refractivity contribution in [3.63, 3.8) is 0 Å². The van der Waals surface area contributed by atoms with Gasteiger partial charge < -0.3 is 20.3 Å². The maximum atomic E-state index is 12.5. The SMILES string of the molecule is CCCCCCCCCCCCCCCCCCCCCCCCCCC(O)C(CO)NC(=O)CCC/C=C\CCCCCCOC(=O)CCCCCCCCCCCCCCCCCCCC. The van der Waals surface area contributed by atoms with Gasteiger partial charge in [-0.25, -0.2) is 0 Å². The quantitative estimate of drug-likeness (QED) is 0.0321. The number of carbonyl (C=O) groups excluding carboxylic acids is 2. The van der Waals surface area contributed by atoms with E-state index in [2.05, 4.69) is 31.3 Å². The molecule has 0 saturated carbocycles. The third-order valence-corrected chi connectivity index (χ3v) is 14.6. The Kier molecular flexibility index (Phi) is 57.0. The summed E-state index contributed by atoms with van der Waals surface area (Å²) in [6, 6.07) is -0.579. The average Bonchev–Trinajstić information content (AvgIpc) is 3.34. The Bertz CT molecular complexity index is 1020. The maximum absolute atomic E-state index is 12.5. The van der Waals surface area contributed by atoms with Crippen molar-refractivity contribution in [2.24, 2.45) is 0 Å². The van der Waals surface area contributed by atoms with Gasteiger partial charge in [-0.3, -0.25) is 9.59 Å². The number of hydrogen-bond donors (Lipinski definition) is 3. The van der Waals surface area contributed by atoms with Crippen LogP contribution in [0.2, 0.25) is 0 Å². The van der Waals surface area contributed by atoms with E-state index in [1.807, 2.05) is 0 Å². The van der Waals surface area contributed by atoms with E-state index in [0.29, 0.717) is 25.9 Å². The van der Waals surface area contributed by atoms with Gasteiger partial charge in [0.05, 0.1) is 25.4 Å². The van der Waals surface area contributed by atoms with Crippen LogP contribution >= 0.6 is 0 Å². The van der Waals surface area contributed by atoms with Crippen molar-refractivity contribution in [1.29, 1.82) is 0 Å². The van der Waals surface area contributed by atoms with Gasteiger partial charge in [0, 0.05) is 12.8 Å². The molecule has 0 aliphatic carbocycles. The van der Waals surface area contributed by atoms with E-state index in [-0.39, 0.29) is 18.5 Å². The lowest BCUT2D eigenvalue weighted by Crippen LogP contribution is -2.45. The minimum atomic E-state index is -0.695. The first-order valence-corrected chi connectivity index (χ1v) is 30.9. The second-order valence-corrected chi connectivity index (χ2v) is 21.4. The van der Waals surface area contributed by atoms with E-state index in [0.717, 1.165) is 70.6 Å². The first-order chi connectivity index (χ1) is 33.5. The number of hydrogen-bond acceptors (Lipinski definition) is 5. The molecule has 0 fully saturated rings. The second-order valence-electron chi connectivity index (χ2n) is 21.4. The normalized spacial score (nSPS) is 12.6. The smallest absolute Gasteiger partial charge is 0.305 e. The molecule has 2 unspecified atom stereocenters. The minimum absolute atomic E-state index is 0.0298. The molecular weight excluding hydrogens is 839 g/mol. The number of nitrogens with one attached hydrogen (secondary N) is 1. The summed E-state index contributed by atoms with van der Waals surface area (Å²) in [6.45, 7) is 4.90. The van der Waals surface area contributed by atoms with Gasteiger partial charge in [0.2, 0.25) is 5.91 Å². The number of unbranched alkanes of at least 4 members (excludes halogenated alkanes) is 45. The number of carbonyl (C=O) groups is 2. The van der Waals surface area contributed by atoms with Crippen LogP contribution in [0.5, 0.6) is 0 Å².